The van der Waals surface area contributed by atoms with Gasteiger partial charge in [-0.2, -0.15) is 0 Å². The highest BCUT2D eigenvalue weighted by Gasteiger charge is 2.31. The van der Waals surface area contributed by atoms with Gasteiger partial charge in [0.15, 0.2) is 11.5 Å². The van der Waals surface area contributed by atoms with E-state index in [-0.39, 0.29) is 12.7 Å². The van der Waals surface area contributed by atoms with Crippen LogP contribution in [0.1, 0.15) is 11.1 Å². The number of allylic oxidation sites excluding steroid dienone is 2. The van der Waals surface area contributed by atoms with Crippen molar-refractivity contribution in [1.29, 1.82) is 0 Å². The highest BCUT2D eigenvalue weighted by molar-refractivity contribution is 8.26. The molecule has 2 aliphatic rings. The second-order valence-corrected chi connectivity index (χ2v) is 7.42. The number of hydrogen-bond acceptors (Lipinski definition) is 5. The minimum absolute atomic E-state index is 0.0737. The lowest BCUT2D eigenvalue weighted by Gasteiger charge is -2.14. The van der Waals surface area contributed by atoms with Crippen molar-refractivity contribution in [3.05, 3.63) is 76.7 Å². The van der Waals surface area contributed by atoms with E-state index in [0.29, 0.717) is 21.5 Å². The summed E-state index contributed by atoms with van der Waals surface area (Å²) in [4.78, 5) is 14.9. The number of benzene rings is 2. The van der Waals surface area contributed by atoms with Crippen molar-refractivity contribution in [2.24, 2.45) is 0 Å². The Hall–Kier alpha value is -2.57. The molecule has 0 aromatic heterocycles. The fourth-order valence-corrected chi connectivity index (χ4v) is 3.89. The summed E-state index contributed by atoms with van der Waals surface area (Å²) < 4.78 is 11.3. The van der Waals surface area contributed by atoms with E-state index >= 15 is 0 Å². The Morgan fingerprint density at radius 3 is 2.77 bits per heavy atom. The van der Waals surface area contributed by atoms with Crippen molar-refractivity contribution >= 4 is 40.3 Å². The number of rotatable bonds is 4. The molecule has 0 atom stereocenters. The lowest BCUT2D eigenvalue weighted by Crippen LogP contribution is -2.27. The summed E-state index contributed by atoms with van der Waals surface area (Å²) >= 11 is 6.71. The number of amides is 1. The van der Waals surface area contributed by atoms with Crippen molar-refractivity contribution in [1.82, 2.24) is 4.90 Å². The second-order valence-electron chi connectivity index (χ2n) is 5.75. The summed E-state index contributed by atoms with van der Waals surface area (Å²) in [5.41, 5.74) is 2.03. The number of carbonyl (C=O) groups excluding carboxylic acids is 1. The van der Waals surface area contributed by atoms with E-state index in [9.17, 15) is 4.79 Å². The predicted octanol–water partition coefficient (Wildman–Crippen LogP) is 4.37. The van der Waals surface area contributed by atoms with Crippen LogP contribution in [0.25, 0.3) is 6.08 Å². The van der Waals surface area contributed by atoms with Crippen LogP contribution in [-0.4, -0.2) is 21.9 Å². The monoisotopic (exact) mass is 381 g/mol. The highest BCUT2D eigenvalue weighted by atomic mass is 32.2. The summed E-state index contributed by atoms with van der Waals surface area (Å²) in [7, 11) is 0. The van der Waals surface area contributed by atoms with Gasteiger partial charge in [0.1, 0.15) is 4.32 Å². The van der Waals surface area contributed by atoms with Gasteiger partial charge in [-0.25, -0.2) is 0 Å². The third kappa shape index (κ3) is 3.52. The standard InChI is InChI=1S/C20H15NO3S2/c22-19-18(8-4-7-14-5-2-1-3-6-14)26-20(25)21(19)12-15-9-10-16-17(11-15)24-13-23-16/h1-11H,12-13H2. The van der Waals surface area contributed by atoms with E-state index in [1.54, 1.807) is 4.90 Å². The van der Waals surface area contributed by atoms with Crippen LogP contribution in [0.2, 0.25) is 0 Å². The summed E-state index contributed by atoms with van der Waals surface area (Å²) in [6.07, 6.45) is 5.65. The molecule has 2 aliphatic heterocycles. The van der Waals surface area contributed by atoms with Crippen molar-refractivity contribution < 1.29 is 14.3 Å². The summed E-state index contributed by atoms with van der Waals surface area (Å²) in [5.74, 6) is 1.36. The van der Waals surface area contributed by atoms with Crippen LogP contribution in [0.4, 0.5) is 0 Å². The molecule has 0 spiro atoms. The largest absolute Gasteiger partial charge is 0.454 e. The molecule has 1 amide bonds. The lowest BCUT2D eigenvalue weighted by molar-refractivity contribution is -0.122. The van der Waals surface area contributed by atoms with Gasteiger partial charge in [-0.3, -0.25) is 9.69 Å². The molecular weight excluding hydrogens is 366 g/mol. The Labute approximate surface area is 161 Å². The molecule has 130 valence electrons. The van der Waals surface area contributed by atoms with Gasteiger partial charge >= 0.3 is 0 Å². The number of fused-ring (bicyclic) bond motifs is 1. The highest BCUT2D eigenvalue weighted by Crippen LogP contribution is 2.35. The number of hydrogen-bond donors (Lipinski definition) is 0. The molecule has 0 radical (unpaired) electrons. The SMILES string of the molecule is O=C1C(=CC=Cc2ccccc2)SC(=S)N1Cc1ccc2c(c1)OCO2. The minimum Gasteiger partial charge on any atom is -0.454 e. The summed E-state index contributed by atoms with van der Waals surface area (Å²) in [6.45, 7) is 0.650. The maximum Gasteiger partial charge on any atom is 0.266 e. The number of nitrogens with zero attached hydrogens (tertiary/aromatic N) is 1. The van der Waals surface area contributed by atoms with Crippen LogP contribution < -0.4 is 9.47 Å². The average Bonchev–Trinajstić information content (AvgIpc) is 3.22. The van der Waals surface area contributed by atoms with Gasteiger partial charge in [0.25, 0.3) is 5.91 Å². The maximum absolute atomic E-state index is 12.7. The van der Waals surface area contributed by atoms with Crippen molar-refractivity contribution in [3.8, 4) is 11.5 Å². The molecule has 0 N–H and O–H groups in total. The molecule has 4 rings (SSSR count). The topological polar surface area (TPSA) is 38.8 Å². The molecular formula is C20H15NO3S2. The van der Waals surface area contributed by atoms with E-state index < -0.39 is 0 Å². The predicted molar refractivity (Wildman–Crippen MR) is 107 cm³/mol. The Morgan fingerprint density at radius 2 is 1.92 bits per heavy atom. The first kappa shape index (κ1) is 16.9. The van der Waals surface area contributed by atoms with E-state index in [0.717, 1.165) is 16.9 Å². The van der Waals surface area contributed by atoms with Crippen LogP contribution in [-0.2, 0) is 11.3 Å². The molecule has 4 nitrogen and oxygen atoms in total. The van der Waals surface area contributed by atoms with Gasteiger partial charge in [0.2, 0.25) is 6.79 Å². The molecule has 1 fully saturated rings. The van der Waals surface area contributed by atoms with Gasteiger partial charge in [-0.1, -0.05) is 72.5 Å². The van der Waals surface area contributed by atoms with Crippen LogP contribution in [0.15, 0.2) is 65.6 Å². The third-order valence-corrected chi connectivity index (χ3v) is 5.38. The van der Waals surface area contributed by atoms with Gasteiger partial charge < -0.3 is 9.47 Å². The first-order chi connectivity index (χ1) is 12.7. The van der Waals surface area contributed by atoms with E-state index in [2.05, 4.69) is 0 Å². The zero-order valence-corrected chi connectivity index (χ0v) is 15.4. The van der Waals surface area contributed by atoms with Crippen LogP contribution in [0, 0.1) is 0 Å². The lowest BCUT2D eigenvalue weighted by atomic mass is 10.2. The molecule has 6 heteroatoms. The summed E-state index contributed by atoms with van der Waals surface area (Å²) in [5, 5.41) is 0. The Bertz CT molecular complexity index is 922. The van der Waals surface area contributed by atoms with E-state index in [1.807, 2.05) is 66.8 Å². The van der Waals surface area contributed by atoms with Gasteiger partial charge in [-0.15, -0.1) is 0 Å². The zero-order valence-electron chi connectivity index (χ0n) is 13.8. The number of thioether (sulfide) groups is 1. The normalized spacial score (nSPS) is 17.7. The molecule has 0 aliphatic carbocycles. The number of carbonyl (C=O) groups is 1. The Balaban J connectivity index is 1.47. The average molecular weight is 381 g/mol. The van der Waals surface area contributed by atoms with Crippen molar-refractivity contribution in [3.63, 3.8) is 0 Å². The Kier molecular flexibility index (Phi) is 4.77. The fraction of sp³-hybridized carbons (Fsp3) is 0.100. The summed E-state index contributed by atoms with van der Waals surface area (Å²) in [6, 6.07) is 15.6. The van der Waals surface area contributed by atoms with Gasteiger partial charge in [-0.05, 0) is 29.3 Å². The molecule has 0 unspecified atom stereocenters. The molecule has 26 heavy (non-hydrogen) atoms. The van der Waals surface area contributed by atoms with E-state index in [1.165, 1.54) is 11.8 Å². The van der Waals surface area contributed by atoms with Crippen LogP contribution in [0.3, 0.4) is 0 Å². The second kappa shape index (κ2) is 7.35. The molecule has 0 saturated carbocycles. The first-order valence-electron chi connectivity index (χ1n) is 8.06. The fourth-order valence-electron chi connectivity index (χ4n) is 2.68. The quantitative estimate of drug-likeness (QED) is 0.581. The molecule has 0 bridgehead atoms. The first-order valence-corrected chi connectivity index (χ1v) is 9.29. The number of ether oxygens (including phenoxy) is 2. The van der Waals surface area contributed by atoms with E-state index in [4.69, 9.17) is 21.7 Å². The molecule has 2 heterocycles. The van der Waals surface area contributed by atoms with Gasteiger partial charge in [0.05, 0.1) is 11.4 Å². The Morgan fingerprint density at radius 1 is 1.12 bits per heavy atom. The minimum atomic E-state index is -0.0737. The third-order valence-electron chi connectivity index (χ3n) is 3.99. The smallest absolute Gasteiger partial charge is 0.266 e. The molecule has 1 saturated heterocycles. The molecule has 2 aromatic rings. The van der Waals surface area contributed by atoms with Crippen molar-refractivity contribution in [2.75, 3.05) is 6.79 Å². The zero-order chi connectivity index (χ0) is 17.9. The van der Waals surface area contributed by atoms with Crippen LogP contribution >= 0.6 is 24.0 Å². The van der Waals surface area contributed by atoms with Gasteiger partial charge in [0, 0.05) is 0 Å². The van der Waals surface area contributed by atoms with Crippen molar-refractivity contribution in [2.45, 2.75) is 6.54 Å². The van der Waals surface area contributed by atoms with Crippen LogP contribution in [0.5, 0.6) is 11.5 Å². The number of thiocarbonyl (C=S) groups is 1. The molecule has 2 aromatic carbocycles. The maximum atomic E-state index is 12.7.